The number of allylic oxidation sites excluding steroid dienone is 2. The Morgan fingerprint density at radius 3 is 2.35 bits per heavy atom. The Balaban J connectivity index is 0.000000971. The minimum absolute atomic E-state index is 0.0965. The molecule has 6 nitrogen and oxygen atoms in total. The number of carbonyl (C=O) groups excluding carboxylic acids is 1. The van der Waals surface area contributed by atoms with Crippen LogP contribution in [0.1, 0.15) is 94.2 Å². The van der Waals surface area contributed by atoms with Gasteiger partial charge in [-0.2, -0.15) is 0 Å². The number of benzene rings is 2. The second-order valence-corrected chi connectivity index (χ2v) is 14.9. The van der Waals surface area contributed by atoms with Crippen LogP contribution in [0, 0.1) is 24.5 Å². The van der Waals surface area contributed by atoms with E-state index in [2.05, 4.69) is 52.4 Å². The Morgan fingerprint density at radius 2 is 1.73 bits per heavy atom. The van der Waals surface area contributed by atoms with Gasteiger partial charge in [0.1, 0.15) is 11.4 Å². The molecule has 3 aliphatic carbocycles. The minimum atomic E-state index is -0.833. The molecule has 4 unspecified atom stereocenters. The Morgan fingerprint density at radius 1 is 1.00 bits per heavy atom. The third-order valence-corrected chi connectivity index (χ3v) is 11.7. The zero-order chi connectivity index (χ0) is 34.5. The van der Waals surface area contributed by atoms with E-state index in [0.29, 0.717) is 18.1 Å². The lowest BCUT2D eigenvalue weighted by atomic mass is 9.70. The van der Waals surface area contributed by atoms with Gasteiger partial charge in [0, 0.05) is 43.8 Å². The average Bonchev–Trinajstić information content (AvgIpc) is 3.36. The lowest BCUT2D eigenvalue weighted by Crippen LogP contribution is -2.49. The maximum Gasteiger partial charge on any atom is 0.159 e. The van der Waals surface area contributed by atoms with Crippen LogP contribution in [0.2, 0.25) is 0 Å². The van der Waals surface area contributed by atoms with E-state index < -0.39 is 17.2 Å². The van der Waals surface area contributed by atoms with Gasteiger partial charge in [0.05, 0.1) is 12.8 Å². The van der Waals surface area contributed by atoms with Crippen LogP contribution >= 0.6 is 0 Å². The van der Waals surface area contributed by atoms with Gasteiger partial charge in [-0.15, -0.1) is 0 Å². The number of nitrogens with one attached hydrogen (secondary N) is 1. The molecule has 4 atom stereocenters. The standard InChI is InChI=1S/C37H47F2N3O3.C4H8/c1-24-7-5-10-30(36(24)45-37(3,28-8-6-9-28)29-12-13-31(38)32(39)22-29)26-15-17-41(18-16-26)23-35-40-33-14-11-27(25(2)43)21-34(33)42(35)19-20-44-4;1-2-4-3-1/h5,7,10-14,21-22,26,28,33-35,40H,6,8-9,15-20,23H2,1-4H3;1-4H2. The predicted molar refractivity (Wildman–Crippen MR) is 191 cm³/mol. The monoisotopic (exact) mass is 675 g/mol. The van der Waals surface area contributed by atoms with E-state index >= 15 is 0 Å². The highest BCUT2D eigenvalue weighted by Gasteiger charge is 2.44. The summed E-state index contributed by atoms with van der Waals surface area (Å²) in [6.45, 7) is 10.0. The number of hydrogen-bond donors (Lipinski definition) is 1. The molecule has 0 amide bonds. The number of rotatable bonds is 11. The van der Waals surface area contributed by atoms with Crippen LogP contribution in [-0.4, -0.2) is 73.7 Å². The number of carbonyl (C=O) groups is 1. The molecule has 2 heterocycles. The van der Waals surface area contributed by atoms with Crippen LogP contribution in [0.3, 0.4) is 0 Å². The summed E-state index contributed by atoms with van der Waals surface area (Å²) in [5.74, 6) is -0.0835. The summed E-state index contributed by atoms with van der Waals surface area (Å²) in [5.41, 5.74) is 3.01. The second kappa shape index (κ2) is 16.0. The third-order valence-electron chi connectivity index (χ3n) is 11.7. The van der Waals surface area contributed by atoms with E-state index in [4.69, 9.17) is 9.47 Å². The number of Topliss-reactive ketones (excluding diaryl/α,β-unsaturated/α-hetero) is 1. The number of ketones is 1. The highest BCUT2D eigenvalue weighted by Crippen LogP contribution is 2.48. The smallest absolute Gasteiger partial charge is 0.159 e. The molecule has 7 rings (SSSR count). The number of para-hydroxylation sites is 1. The highest BCUT2D eigenvalue weighted by molar-refractivity contribution is 5.96. The van der Waals surface area contributed by atoms with Gasteiger partial charge in [-0.3, -0.25) is 15.0 Å². The first kappa shape index (κ1) is 35.9. The fourth-order valence-corrected chi connectivity index (χ4v) is 7.95. The van der Waals surface area contributed by atoms with E-state index in [9.17, 15) is 13.6 Å². The van der Waals surface area contributed by atoms with Crippen molar-refractivity contribution in [2.45, 2.75) is 108 Å². The van der Waals surface area contributed by atoms with Gasteiger partial charge in [0.2, 0.25) is 0 Å². The largest absolute Gasteiger partial charge is 0.482 e. The summed E-state index contributed by atoms with van der Waals surface area (Å²) in [7, 11) is 1.73. The zero-order valence-corrected chi connectivity index (χ0v) is 29.9. The molecule has 2 aromatic rings. The molecule has 266 valence electrons. The van der Waals surface area contributed by atoms with Crippen LogP contribution in [0.25, 0.3) is 0 Å². The minimum Gasteiger partial charge on any atom is -0.482 e. The molecular formula is C41H55F2N3O3. The summed E-state index contributed by atoms with van der Waals surface area (Å²) in [6, 6.07) is 10.9. The molecule has 8 heteroatoms. The quantitative estimate of drug-likeness (QED) is 0.262. The molecule has 4 fully saturated rings. The van der Waals surface area contributed by atoms with E-state index in [1.165, 1.54) is 43.4 Å². The number of fused-ring (bicyclic) bond motifs is 1. The first-order valence-corrected chi connectivity index (χ1v) is 18.6. The fraction of sp³-hybridized carbons (Fsp3) is 0.585. The summed E-state index contributed by atoms with van der Waals surface area (Å²) < 4.78 is 40.8. The highest BCUT2D eigenvalue weighted by atomic mass is 19.2. The predicted octanol–water partition coefficient (Wildman–Crippen LogP) is 7.81. The Labute approximate surface area is 291 Å². The molecule has 0 radical (unpaired) electrons. The van der Waals surface area contributed by atoms with Crippen molar-refractivity contribution in [3.63, 3.8) is 0 Å². The molecule has 2 saturated heterocycles. The van der Waals surface area contributed by atoms with Crippen LogP contribution in [0.5, 0.6) is 5.75 Å². The van der Waals surface area contributed by atoms with Gasteiger partial charge in [0.15, 0.2) is 17.4 Å². The van der Waals surface area contributed by atoms with Crippen molar-refractivity contribution in [3.05, 3.63) is 88.5 Å². The number of halogens is 2. The molecule has 5 aliphatic rings. The molecule has 1 N–H and O–H groups in total. The van der Waals surface area contributed by atoms with Crippen LogP contribution in [-0.2, 0) is 15.1 Å². The molecule has 0 aromatic heterocycles. The summed E-state index contributed by atoms with van der Waals surface area (Å²) in [6.07, 6.45) is 17.5. The van der Waals surface area contributed by atoms with Crippen molar-refractivity contribution in [2.24, 2.45) is 5.92 Å². The topological polar surface area (TPSA) is 54.0 Å². The SMILES string of the molecule is C1CCC1.COCCN1C(CN2CCC(c3cccc(C)c3OC(C)(c3ccc(F)c(F)c3)C3CCC3)CC2)NC2C=CC(C(C)=O)=CC21. The summed E-state index contributed by atoms with van der Waals surface area (Å²) in [4.78, 5) is 17.1. The van der Waals surface area contributed by atoms with Crippen molar-refractivity contribution in [1.82, 2.24) is 15.1 Å². The van der Waals surface area contributed by atoms with Crippen molar-refractivity contribution >= 4 is 5.78 Å². The normalized spacial score (nSPS) is 25.7. The van der Waals surface area contributed by atoms with Gasteiger partial charge >= 0.3 is 0 Å². The number of hydrogen-bond acceptors (Lipinski definition) is 6. The molecule has 0 bridgehead atoms. The van der Waals surface area contributed by atoms with Gasteiger partial charge in [-0.05, 0) is 94.3 Å². The van der Waals surface area contributed by atoms with Crippen LogP contribution in [0.15, 0.2) is 60.2 Å². The molecule has 2 aromatic carbocycles. The van der Waals surface area contributed by atoms with E-state index in [-0.39, 0.29) is 30.0 Å². The van der Waals surface area contributed by atoms with E-state index in [0.717, 1.165) is 75.2 Å². The summed E-state index contributed by atoms with van der Waals surface area (Å²) >= 11 is 0. The summed E-state index contributed by atoms with van der Waals surface area (Å²) in [5, 5.41) is 3.80. The van der Waals surface area contributed by atoms with Crippen LogP contribution in [0.4, 0.5) is 8.78 Å². The van der Waals surface area contributed by atoms with Crippen molar-refractivity contribution in [1.29, 1.82) is 0 Å². The second-order valence-electron chi connectivity index (χ2n) is 14.9. The van der Waals surface area contributed by atoms with Gasteiger partial charge < -0.3 is 14.4 Å². The van der Waals surface area contributed by atoms with Gasteiger partial charge in [0.25, 0.3) is 0 Å². The number of nitrogens with zero attached hydrogens (tertiary/aromatic N) is 2. The van der Waals surface area contributed by atoms with Crippen molar-refractivity contribution < 1.29 is 23.0 Å². The number of likely N-dealkylation sites (tertiary alicyclic amines) is 1. The maximum atomic E-state index is 14.4. The average molecular weight is 676 g/mol. The van der Waals surface area contributed by atoms with Crippen LogP contribution < -0.4 is 10.1 Å². The Bertz CT molecular complexity index is 1510. The molecule has 2 aliphatic heterocycles. The third kappa shape index (κ3) is 8.03. The fourth-order valence-electron chi connectivity index (χ4n) is 7.95. The number of aryl methyl sites for hydroxylation is 1. The van der Waals surface area contributed by atoms with Gasteiger partial charge in [-0.1, -0.05) is 74.6 Å². The molecular weight excluding hydrogens is 620 g/mol. The lowest BCUT2D eigenvalue weighted by molar-refractivity contribution is -0.113. The van der Waals surface area contributed by atoms with E-state index in [1.54, 1.807) is 20.1 Å². The zero-order valence-electron chi connectivity index (χ0n) is 29.9. The first-order valence-electron chi connectivity index (χ1n) is 18.6. The lowest BCUT2D eigenvalue weighted by Gasteiger charge is -2.44. The Kier molecular flexibility index (Phi) is 11.7. The van der Waals surface area contributed by atoms with Gasteiger partial charge in [-0.25, -0.2) is 8.78 Å². The molecule has 49 heavy (non-hydrogen) atoms. The molecule has 2 saturated carbocycles. The van der Waals surface area contributed by atoms with Crippen molar-refractivity contribution in [2.75, 3.05) is 39.9 Å². The number of piperidine rings is 1. The first-order chi connectivity index (χ1) is 23.7. The Hall–Kier alpha value is -2.91. The van der Waals surface area contributed by atoms with Crippen molar-refractivity contribution in [3.8, 4) is 5.75 Å². The molecule has 0 spiro atoms. The number of ether oxygens (including phenoxy) is 2. The number of methoxy groups -OCH3 is 1. The van der Waals surface area contributed by atoms with E-state index in [1.807, 2.05) is 13.0 Å². The maximum absolute atomic E-state index is 14.4.